The summed E-state index contributed by atoms with van der Waals surface area (Å²) in [5.41, 5.74) is 1.00. The highest BCUT2D eigenvalue weighted by Gasteiger charge is 2.31. The van der Waals surface area contributed by atoms with Crippen molar-refractivity contribution in [3.05, 3.63) is 59.9 Å². The molecule has 1 heterocycles. The van der Waals surface area contributed by atoms with Crippen molar-refractivity contribution in [2.24, 2.45) is 0 Å². The Balaban J connectivity index is 1.65. The molecule has 0 saturated carbocycles. The van der Waals surface area contributed by atoms with E-state index in [1.165, 1.54) is 18.2 Å². The zero-order valence-electron chi connectivity index (χ0n) is 13.9. The van der Waals surface area contributed by atoms with Crippen LogP contribution in [0.3, 0.4) is 0 Å². The Morgan fingerprint density at radius 1 is 1.28 bits per heavy atom. The molecule has 1 fully saturated rings. The van der Waals surface area contributed by atoms with Gasteiger partial charge < -0.3 is 15.0 Å². The third-order valence-corrected chi connectivity index (χ3v) is 4.01. The van der Waals surface area contributed by atoms with Crippen LogP contribution < -0.4 is 15.0 Å². The van der Waals surface area contributed by atoms with Crippen molar-refractivity contribution in [1.82, 2.24) is 5.32 Å². The van der Waals surface area contributed by atoms with Crippen molar-refractivity contribution in [3.63, 3.8) is 0 Å². The van der Waals surface area contributed by atoms with Gasteiger partial charge in [0.1, 0.15) is 11.6 Å². The van der Waals surface area contributed by atoms with Crippen LogP contribution in [0.25, 0.3) is 0 Å². The third-order valence-electron chi connectivity index (χ3n) is 4.01. The summed E-state index contributed by atoms with van der Waals surface area (Å²) in [4.78, 5) is 26.1. The molecule has 1 saturated heterocycles. The molecule has 2 amide bonds. The van der Waals surface area contributed by atoms with Crippen LogP contribution in [0.1, 0.15) is 23.7 Å². The number of amides is 2. The lowest BCUT2D eigenvalue weighted by Crippen LogP contribution is -2.37. The highest BCUT2D eigenvalue weighted by molar-refractivity contribution is 5.99. The second-order valence-corrected chi connectivity index (χ2v) is 5.82. The number of rotatable bonds is 5. The van der Waals surface area contributed by atoms with Crippen molar-refractivity contribution in [2.45, 2.75) is 19.4 Å². The Bertz CT molecular complexity index is 776. The summed E-state index contributed by atoms with van der Waals surface area (Å²) < 4.78 is 18.6. The molecule has 3 rings (SSSR count). The van der Waals surface area contributed by atoms with E-state index >= 15 is 0 Å². The number of hydrogen-bond acceptors (Lipinski definition) is 3. The van der Waals surface area contributed by atoms with Crippen LogP contribution in [0.15, 0.2) is 48.5 Å². The Kier molecular flexibility index (Phi) is 4.97. The van der Waals surface area contributed by atoms with Gasteiger partial charge in [-0.3, -0.25) is 9.59 Å². The highest BCUT2D eigenvalue weighted by atomic mass is 19.1. The second-order valence-electron chi connectivity index (χ2n) is 5.82. The van der Waals surface area contributed by atoms with Crippen LogP contribution in [0.5, 0.6) is 5.75 Å². The van der Waals surface area contributed by atoms with E-state index in [0.717, 1.165) is 11.4 Å². The van der Waals surface area contributed by atoms with Gasteiger partial charge in [0.05, 0.1) is 12.6 Å². The van der Waals surface area contributed by atoms with Crippen molar-refractivity contribution in [1.29, 1.82) is 0 Å². The van der Waals surface area contributed by atoms with E-state index in [1.54, 1.807) is 11.0 Å². The molecule has 0 unspecified atom stereocenters. The number of benzene rings is 2. The van der Waals surface area contributed by atoms with Crippen LogP contribution in [0, 0.1) is 5.82 Å². The van der Waals surface area contributed by atoms with Gasteiger partial charge in [-0.1, -0.05) is 6.07 Å². The molecule has 0 aliphatic carbocycles. The zero-order valence-corrected chi connectivity index (χ0v) is 13.9. The molecule has 1 aliphatic rings. The van der Waals surface area contributed by atoms with Crippen LogP contribution in [-0.4, -0.2) is 31.0 Å². The van der Waals surface area contributed by atoms with Crippen molar-refractivity contribution in [3.8, 4) is 5.75 Å². The molecule has 5 nitrogen and oxygen atoms in total. The molecule has 0 bridgehead atoms. The van der Waals surface area contributed by atoms with Gasteiger partial charge in [0.25, 0.3) is 5.91 Å². The molecule has 0 radical (unpaired) electrons. The minimum absolute atomic E-state index is 0.0614. The van der Waals surface area contributed by atoms with Crippen LogP contribution >= 0.6 is 0 Å². The lowest BCUT2D eigenvalue weighted by atomic mass is 10.2. The number of anilines is 1. The molecule has 0 spiro atoms. The summed E-state index contributed by atoms with van der Waals surface area (Å²) in [7, 11) is 0. The maximum absolute atomic E-state index is 13.2. The highest BCUT2D eigenvalue weighted by Crippen LogP contribution is 2.24. The molecule has 1 aliphatic heterocycles. The minimum atomic E-state index is -0.467. The topological polar surface area (TPSA) is 58.6 Å². The van der Waals surface area contributed by atoms with Crippen molar-refractivity contribution >= 4 is 17.5 Å². The lowest BCUT2D eigenvalue weighted by Gasteiger charge is -2.17. The Hall–Kier alpha value is -2.89. The predicted octanol–water partition coefficient (Wildman–Crippen LogP) is 2.76. The lowest BCUT2D eigenvalue weighted by molar-refractivity contribution is -0.117. The van der Waals surface area contributed by atoms with Gasteiger partial charge in [-0.05, 0) is 49.4 Å². The third kappa shape index (κ3) is 3.96. The number of carbonyl (C=O) groups excluding carboxylic acids is 2. The fourth-order valence-corrected chi connectivity index (χ4v) is 2.84. The molecular weight excluding hydrogens is 323 g/mol. The summed E-state index contributed by atoms with van der Waals surface area (Å²) in [6, 6.07) is 12.4. The standard InChI is InChI=1S/C19H19FN2O3/c1-2-25-17-8-6-16(7-9-17)22-12-15(11-18(22)23)21-19(24)13-4-3-5-14(20)10-13/h3-10,15H,2,11-12H2,1H3,(H,21,24)/t15-/m0/s1. The number of ether oxygens (including phenoxy) is 1. The molecule has 130 valence electrons. The average molecular weight is 342 g/mol. The number of halogens is 1. The normalized spacial score (nSPS) is 16.8. The van der Waals surface area contributed by atoms with E-state index in [-0.39, 0.29) is 29.8 Å². The Labute approximate surface area is 145 Å². The fourth-order valence-electron chi connectivity index (χ4n) is 2.84. The maximum atomic E-state index is 13.2. The molecule has 2 aromatic carbocycles. The number of hydrogen-bond donors (Lipinski definition) is 1. The van der Waals surface area contributed by atoms with E-state index in [0.29, 0.717) is 13.2 Å². The molecule has 1 N–H and O–H groups in total. The number of nitrogens with one attached hydrogen (secondary N) is 1. The number of carbonyl (C=O) groups is 2. The van der Waals surface area contributed by atoms with Gasteiger partial charge in [-0.2, -0.15) is 0 Å². The van der Waals surface area contributed by atoms with Gasteiger partial charge in [-0.25, -0.2) is 4.39 Å². The quantitative estimate of drug-likeness (QED) is 0.909. The summed E-state index contributed by atoms with van der Waals surface area (Å²) in [5.74, 6) is -0.167. The van der Waals surface area contributed by atoms with Crippen LogP contribution in [0.4, 0.5) is 10.1 Å². The number of nitrogens with zero attached hydrogens (tertiary/aromatic N) is 1. The molecule has 6 heteroatoms. The largest absolute Gasteiger partial charge is 0.494 e. The molecular formula is C19H19FN2O3. The first kappa shape index (κ1) is 17.0. The molecule has 1 atom stereocenters. The van der Waals surface area contributed by atoms with E-state index in [9.17, 15) is 14.0 Å². The fraction of sp³-hybridized carbons (Fsp3) is 0.263. The van der Waals surface area contributed by atoms with E-state index in [4.69, 9.17) is 4.74 Å². The van der Waals surface area contributed by atoms with Gasteiger partial charge >= 0.3 is 0 Å². The molecule has 0 aromatic heterocycles. The summed E-state index contributed by atoms with van der Waals surface area (Å²) >= 11 is 0. The second kappa shape index (κ2) is 7.34. The monoisotopic (exact) mass is 342 g/mol. The summed E-state index contributed by atoms with van der Waals surface area (Å²) in [6.07, 6.45) is 0.217. The van der Waals surface area contributed by atoms with Crippen molar-refractivity contribution in [2.75, 3.05) is 18.1 Å². The van der Waals surface area contributed by atoms with Crippen molar-refractivity contribution < 1.29 is 18.7 Å². The van der Waals surface area contributed by atoms with Crippen LogP contribution in [0.2, 0.25) is 0 Å². The summed E-state index contributed by atoms with van der Waals surface area (Å²) in [6.45, 7) is 2.87. The van der Waals surface area contributed by atoms with E-state index < -0.39 is 5.82 Å². The van der Waals surface area contributed by atoms with Gasteiger partial charge in [0.2, 0.25) is 5.91 Å². The first-order valence-electron chi connectivity index (χ1n) is 8.16. The minimum Gasteiger partial charge on any atom is -0.494 e. The Morgan fingerprint density at radius 2 is 2.04 bits per heavy atom. The SMILES string of the molecule is CCOc1ccc(N2C[C@@H](NC(=O)c3cccc(F)c3)CC2=O)cc1. The smallest absolute Gasteiger partial charge is 0.251 e. The van der Waals surface area contributed by atoms with Gasteiger partial charge in [0, 0.05) is 24.2 Å². The molecule has 2 aromatic rings. The summed E-state index contributed by atoms with van der Waals surface area (Å²) in [5, 5.41) is 2.79. The van der Waals surface area contributed by atoms with Gasteiger partial charge in [0.15, 0.2) is 0 Å². The zero-order chi connectivity index (χ0) is 17.8. The molecule has 25 heavy (non-hydrogen) atoms. The first-order valence-corrected chi connectivity index (χ1v) is 8.16. The van der Waals surface area contributed by atoms with E-state index in [1.807, 2.05) is 31.2 Å². The maximum Gasteiger partial charge on any atom is 0.251 e. The van der Waals surface area contributed by atoms with Crippen LogP contribution in [-0.2, 0) is 4.79 Å². The Morgan fingerprint density at radius 3 is 2.72 bits per heavy atom. The van der Waals surface area contributed by atoms with E-state index in [2.05, 4.69) is 5.32 Å². The predicted molar refractivity (Wildman–Crippen MR) is 92.2 cm³/mol. The first-order chi connectivity index (χ1) is 12.1. The average Bonchev–Trinajstić information content (AvgIpc) is 2.96. The van der Waals surface area contributed by atoms with Gasteiger partial charge in [-0.15, -0.1) is 0 Å².